The molecule has 8 heteroatoms. The molecule has 2 atom stereocenters. The van der Waals surface area contributed by atoms with E-state index in [1.807, 2.05) is 6.07 Å². The number of benzene rings is 2. The van der Waals surface area contributed by atoms with Gasteiger partial charge < -0.3 is 15.4 Å². The number of carbonyl (C=O) groups is 3. The van der Waals surface area contributed by atoms with E-state index in [-0.39, 0.29) is 23.8 Å². The molecule has 32 heavy (non-hydrogen) atoms. The van der Waals surface area contributed by atoms with Gasteiger partial charge in [0, 0.05) is 0 Å². The zero-order valence-corrected chi connectivity index (χ0v) is 18.4. The average molecular weight is 439 g/mol. The molecule has 168 valence electrons. The number of anilines is 1. The summed E-state index contributed by atoms with van der Waals surface area (Å²) in [6, 6.07) is 11.7. The second kappa shape index (κ2) is 11.0. The summed E-state index contributed by atoms with van der Waals surface area (Å²) in [5, 5.41) is 14.2. The molecule has 2 unspecified atom stereocenters. The number of hydrogen-bond donors (Lipinski definition) is 2. The van der Waals surface area contributed by atoms with Gasteiger partial charge in [0.2, 0.25) is 5.91 Å². The summed E-state index contributed by atoms with van der Waals surface area (Å²) in [5.74, 6) is -3.97. The van der Waals surface area contributed by atoms with Gasteiger partial charge in [-0.3, -0.25) is 14.4 Å². The van der Waals surface area contributed by atoms with Gasteiger partial charge in [-0.1, -0.05) is 26.0 Å². The van der Waals surface area contributed by atoms with Crippen molar-refractivity contribution in [2.24, 2.45) is 11.8 Å². The first-order valence-electron chi connectivity index (χ1n) is 10.3. The van der Waals surface area contributed by atoms with Crippen molar-refractivity contribution in [3.63, 3.8) is 0 Å². The number of amides is 2. The second-order valence-electron chi connectivity index (χ2n) is 7.58. The summed E-state index contributed by atoms with van der Waals surface area (Å²) in [5.41, 5.74) is 1.24. The van der Waals surface area contributed by atoms with Crippen LogP contribution in [0.25, 0.3) is 0 Å². The summed E-state index contributed by atoms with van der Waals surface area (Å²) in [6.07, 6.45) is 0. The number of hydrogen-bond acceptors (Lipinski definition) is 5. The lowest BCUT2D eigenvalue weighted by Gasteiger charge is -2.20. The number of nitrogens with zero attached hydrogens (tertiary/aromatic N) is 1. The first-order valence-corrected chi connectivity index (χ1v) is 10.3. The number of carbonyl (C=O) groups excluding carboxylic acids is 3. The van der Waals surface area contributed by atoms with E-state index in [1.165, 1.54) is 6.07 Å². The van der Waals surface area contributed by atoms with Gasteiger partial charge in [0.05, 0.1) is 35.5 Å². The van der Waals surface area contributed by atoms with Crippen LogP contribution in [-0.4, -0.2) is 24.4 Å². The van der Waals surface area contributed by atoms with Crippen molar-refractivity contribution >= 4 is 23.5 Å². The highest BCUT2D eigenvalue weighted by molar-refractivity contribution is 6.09. The van der Waals surface area contributed by atoms with Crippen LogP contribution < -0.4 is 10.6 Å². The van der Waals surface area contributed by atoms with Gasteiger partial charge in [-0.05, 0) is 55.7 Å². The van der Waals surface area contributed by atoms with Gasteiger partial charge in [-0.2, -0.15) is 5.26 Å². The molecule has 0 aliphatic carbocycles. The van der Waals surface area contributed by atoms with Crippen LogP contribution in [0.4, 0.5) is 10.1 Å². The van der Waals surface area contributed by atoms with Crippen LogP contribution >= 0.6 is 0 Å². The standard InChI is InChI=1S/C24H26FN3O4/c1-5-32-24(31)21(14(2)3)23(30)28-20-11-10-18(25)12-19(20)22(29)27-15(4)17-8-6-16(13-26)7-9-17/h6-12,14-15,21H,5H2,1-4H3,(H,27,29)(H,28,30). The second-order valence-corrected chi connectivity index (χ2v) is 7.58. The minimum absolute atomic E-state index is 0.0785. The minimum Gasteiger partial charge on any atom is -0.465 e. The quantitative estimate of drug-likeness (QED) is 0.478. The summed E-state index contributed by atoms with van der Waals surface area (Å²) in [7, 11) is 0. The predicted molar refractivity (Wildman–Crippen MR) is 117 cm³/mol. The zero-order chi connectivity index (χ0) is 23.8. The Bertz CT molecular complexity index is 1030. The third-order valence-corrected chi connectivity index (χ3v) is 4.86. The SMILES string of the molecule is CCOC(=O)C(C(=O)Nc1ccc(F)cc1C(=O)NC(C)c1ccc(C#N)cc1)C(C)C. The van der Waals surface area contributed by atoms with Gasteiger partial charge in [-0.25, -0.2) is 4.39 Å². The van der Waals surface area contributed by atoms with Crippen molar-refractivity contribution in [3.05, 3.63) is 65.0 Å². The average Bonchev–Trinajstić information content (AvgIpc) is 2.74. The lowest BCUT2D eigenvalue weighted by atomic mass is 9.94. The van der Waals surface area contributed by atoms with Crippen molar-refractivity contribution in [3.8, 4) is 6.07 Å². The highest BCUT2D eigenvalue weighted by atomic mass is 19.1. The Kier molecular flexibility index (Phi) is 8.47. The lowest BCUT2D eigenvalue weighted by Crippen LogP contribution is -2.36. The number of nitrogens with one attached hydrogen (secondary N) is 2. The van der Waals surface area contributed by atoms with E-state index in [0.29, 0.717) is 5.56 Å². The molecule has 0 aliphatic rings. The Labute approximate surface area is 186 Å². The lowest BCUT2D eigenvalue weighted by molar-refractivity contribution is -0.152. The Hall–Kier alpha value is -3.73. The van der Waals surface area contributed by atoms with Crippen LogP contribution in [0.5, 0.6) is 0 Å². The van der Waals surface area contributed by atoms with Gasteiger partial charge in [0.1, 0.15) is 11.7 Å². The van der Waals surface area contributed by atoms with Crippen molar-refractivity contribution < 1.29 is 23.5 Å². The number of halogens is 1. The third kappa shape index (κ3) is 6.14. The van der Waals surface area contributed by atoms with Crippen LogP contribution in [-0.2, 0) is 14.3 Å². The van der Waals surface area contributed by atoms with Crippen LogP contribution in [0.2, 0.25) is 0 Å². The molecule has 0 aliphatic heterocycles. The number of ether oxygens (including phenoxy) is 1. The predicted octanol–water partition coefficient (Wildman–Crippen LogP) is 3.96. The topological polar surface area (TPSA) is 108 Å². The Balaban J connectivity index is 2.24. The molecule has 0 bridgehead atoms. The molecule has 2 aromatic carbocycles. The van der Waals surface area contributed by atoms with Gasteiger partial charge >= 0.3 is 5.97 Å². The summed E-state index contributed by atoms with van der Waals surface area (Å²) in [4.78, 5) is 37.8. The number of esters is 1. The summed E-state index contributed by atoms with van der Waals surface area (Å²) >= 11 is 0. The molecule has 0 heterocycles. The first-order chi connectivity index (χ1) is 15.2. The van der Waals surface area contributed by atoms with E-state index in [0.717, 1.165) is 17.7 Å². The molecule has 0 saturated heterocycles. The fraction of sp³-hybridized carbons (Fsp3) is 0.333. The molecular weight excluding hydrogens is 413 g/mol. The molecule has 2 amide bonds. The molecule has 0 fully saturated rings. The molecular formula is C24H26FN3O4. The highest BCUT2D eigenvalue weighted by Crippen LogP contribution is 2.22. The summed E-state index contributed by atoms with van der Waals surface area (Å²) < 4.78 is 18.9. The molecule has 2 aromatic rings. The van der Waals surface area contributed by atoms with Crippen molar-refractivity contribution in [1.29, 1.82) is 5.26 Å². The Morgan fingerprint density at radius 1 is 1.09 bits per heavy atom. The maximum Gasteiger partial charge on any atom is 0.318 e. The van der Waals surface area contributed by atoms with Crippen molar-refractivity contribution in [2.45, 2.75) is 33.7 Å². The summed E-state index contributed by atoms with van der Waals surface area (Å²) in [6.45, 7) is 6.93. The molecule has 0 aromatic heterocycles. The van der Waals surface area contributed by atoms with Gasteiger partial charge in [-0.15, -0.1) is 0 Å². The van der Waals surface area contributed by atoms with Crippen LogP contribution in [0.15, 0.2) is 42.5 Å². The molecule has 0 spiro atoms. The molecule has 7 nitrogen and oxygen atoms in total. The smallest absolute Gasteiger partial charge is 0.318 e. The molecule has 0 radical (unpaired) electrons. The minimum atomic E-state index is -1.08. The van der Waals surface area contributed by atoms with E-state index in [2.05, 4.69) is 10.6 Å². The van der Waals surface area contributed by atoms with E-state index < -0.39 is 35.6 Å². The van der Waals surface area contributed by atoms with E-state index in [1.54, 1.807) is 52.0 Å². The highest BCUT2D eigenvalue weighted by Gasteiger charge is 2.32. The number of nitriles is 1. The Morgan fingerprint density at radius 3 is 2.31 bits per heavy atom. The first kappa shape index (κ1) is 24.5. The maximum absolute atomic E-state index is 13.9. The Morgan fingerprint density at radius 2 is 1.75 bits per heavy atom. The third-order valence-electron chi connectivity index (χ3n) is 4.86. The van der Waals surface area contributed by atoms with Gasteiger partial charge in [0.25, 0.3) is 5.91 Å². The van der Waals surface area contributed by atoms with Crippen LogP contribution in [0, 0.1) is 29.0 Å². The fourth-order valence-electron chi connectivity index (χ4n) is 3.14. The monoisotopic (exact) mass is 439 g/mol. The van der Waals surface area contributed by atoms with E-state index in [9.17, 15) is 18.8 Å². The van der Waals surface area contributed by atoms with E-state index >= 15 is 0 Å². The largest absolute Gasteiger partial charge is 0.465 e. The van der Waals surface area contributed by atoms with E-state index in [4.69, 9.17) is 10.00 Å². The van der Waals surface area contributed by atoms with Gasteiger partial charge in [0.15, 0.2) is 0 Å². The molecule has 2 N–H and O–H groups in total. The molecule has 2 rings (SSSR count). The number of rotatable bonds is 8. The zero-order valence-electron chi connectivity index (χ0n) is 18.4. The normalized spacial score (nSPS) is 12.4. The maximum atomic E-state index is 13.9. The fourth-order valence-corrected chi connectivity index (χ4v) is 3.14. The van der Waals surface area contributed by atoms with Crippen LogP contribution in [0.1, 0.15) is 55.2 Å². The molecule has 0 saturated carbocycles. The van der Waals surface area contributed by atoms with Crippen molar-refractivity contribution in [2.75, 3.05) is 11.9 Å². The van der Waals surface area contributed by atoms with Crippen molar-refractivity contribution in [1.82, 2.24) is 5.32 Å². The van der Waals surface area contributed by atoms with Crippen LogP contribution in [0.3, 0.4) is 0 Å².